The Morgan fingerprint density at radius 2 is 1.75 bits per heavy atom. The van der Waals surface area contributed by atoms with Gasteiger partial charge in [-0.25, -0.2) is 8.42 Å². The predicted molar refractivity (Wildman–Crippen MR) is 109 cm³/mol. The van der Waals surface area contributed by atoms with Crippen LogP contribution >= 0.6 is 0 Å². The zero-order valence-electron chi connectivity index (χ0n) is 16.2. The SMILES string of the molecule is CC(=O)N1CCC(=C2c3ccc(S(C)(=O)=O)cc3CCc3cccnc32)CC1. The number of hydrogen-bond donors (Lipinski definition) is 0. The van der Waals surface area contributed by atoms with Crippen molar-refractivity contribution in [1.82, 2.24) is 9.88 Å². The van der Waals surface area contributed by atoms with Gasteiger partial charge in [-0.15, -0.1) is 0 Å². The van der Waals surface area contributed by atoms with E-state index in [0.29, 0.717) is 18.0 Å². The van der Waals surface area contributed by atoms with Crippen molar-refractivity contribution in [3.05, 3.63) is 64.5 Å². The molecule has 28 heavy (non-hydrogen) atoms. The summed E-state index contributed by atoms with van der Waals surface area (Å²) in [7, 11) is -3.25. The summed E-state index contributed by atoms with van der Waals surface area (Å²) in [6.45, 7) is 3.04. The molecule has 0 unspecified atom stereocenters. The number of piperidine rings is 1. The summed E-state index contributed by atoms with van der Waals surface area (Å²) in [6, 6.07) is 9.53. The minimum Gasteiger partial charge on any atom is -0.342 e. The van der Waals surface area contributed by atoms with Crippen LogP contribution in [0.4, 0.5) is 0 Å². The van der Waals surface area contributed by atoms with Crippen LogP contribution in [0.5, 0.6) is 0 Å². The van der Waals surface area contributed by atoms with Crippen LogP contribution in [0, 0.1) is 0 Å². The predicted octanol–water partition coefficient (Wildman–Crippen LogP) is 3.03. The second-order valence-corrected chi connectivity index (χ2v) is 9.60. The Morgan fingerprint density at radius 1 is 1.04 bits per heavy atom. The van der Waals surface area contributed by atoms with E-state index in [1.807, 2.05) is 29.3 Å². The topological polar surface area (TPSA) is 67.3 Å². The Kier molecular flexibility index (Phi) is 4.83. The molecule has 1 aliphatic carbocycles. The Balaban J connectivity index is 1.88. The molecule has 4 rings (SSSR count). The van der Waals surface area contributed by atoms with E-state index in [1.165, 1.54) is 17.4 Å². The standard InChI is InChI=1S/C22H24N2O3S/c1-15(25)24-12-9-16(10-13-24)21-20-8-7-19(28(2,26)27)14-18(20)6-5-17-4-3-11-23-22(17)21/h3-4,7-8,11,14H,5-6,9-10,12-13H2,1-2H3. The summed E-state index contributed by atoms with van der Waals surface area (Å²) in [6.07, 6.45) is 6.32. The Morgan fingerprint density at radius 3 is 2.43 bits per heavy atom. The van der Waals surface area contributed by atoms with Gasteiger partial charge < -0.3 is 4.90 Å². The molecule has 1 aromatic carbocycles. The van der Waals surface area contributed by atoms with E-state index in [1.54, 1.807) is 13.0 Å². The van der Waals surface area contributed by atoms with Gasteiger partial charge in [0.1, 0.15) is 0 Å². The van der Waals surface area contributed by atoms with Gasteiger partial charge in [0, 0.05) is 38.0 Å². The molecule has 146 valence electrons. The number of benzene rings is 1. The van der Waals surface area contributed by atoms with Gasteiger partial charge in [-0.2, -0.15) is 0 Å². The fraction of sp³-hybridized carbons (Fsp3) is 0.364. The summed E-state index contributed by atoms with van der Waals surface area (Å²) >= 11 is 0. The summed E-state index contributed by atoms with van der Waals surface area (Å²) in [5.74, 6) is 0.113. The quantitative estimate of drug-likeness (QED) is 0.743. The number of carbonyl (C=O) groups excluding carboxylic acids is 1. The lowest BCUT2D eigenvalue weighted by Crippen LogP contribution is -2.34. The average Bonchev–Trinajstić information content (AvgIpc) is 2.83. The van der Waals surface area contributed by atoms with Gasteiger partial charge in [-0.1, -0.05) is 17.7 Å². The molecule has 1 aromatic heterocycles. The van der Waals surface area contributed by atoms with Crippen molar-refractivity contribution >= 4 is 21.3 Å². The van der Waals surface area contributed by atoms with Crippen molar-refractivity contribution in [1.29, 1.82) is 0 Å². The van der Waals surface area contributed by atoms with E-state index < -0.39 is 9.84 Å². The largest absolute Gasteiger partial charge is 0.342 e. The van der Waals surface area contributed by atoms with E-state index in [0.717, 1.165) is 48.1 Å². The summed E-state index contributed by atoms with van der Waals surface area (Å²) in [5, 5.41) is 0. The summed E-state index contributed by atoms with van der Waals surface area (Å²) in [4.78, 5) is 18.7. The lowest BCUT2D eigenvalue weighted by molar-refractivity contribution is -0.129. The van der Waals surface area contributed by atoms with Crippen molar-refractivity contribution in [2.24, 2.45) is 0 Å². The first-order chi connectivity index (χ1) is 13.3. The molecular weight excluding hydrogens is 372 g/mol. The molecule has 1 saturated heterocycles. The van der Waals surface area contributed by atoms with E-state index in [2.05, 4.69) is 6.07 Å². The lowest BCUT2D eigenvalue weighted by Gasteiger charge is -2.29. The number of sulfone groups is 1. The van der Waals surface area contributed by atoms with E-state index in [-0.39, 0.29) is 5.91 Å². The third kappa shape index (κ3) is 3.49. The Labute approximate surface area is 166 Å². The average molecular weight is 397 g/mol. The fourth-order valence-corrected chi connectivity index (χ4v) is 4.88. The second-order valence-electron chi connectivity index (χ2n) is 7.59. The maximum atomic E-state index is 12.0. The van der Waals surface area contributed by atoms with Gasteiger partial charge >= 0.3 is 0 Å². The number of pyridine rings is 1. The minimum atomic E-state index is -3.25. The highest BCUT2D eigenvalue weighted by molar-refractivity contribution is 7.90. The minimum absolute atomic E-state index is 0.113. The number of carbonyl (C=O) groups is 1. The molecule has 1 amide bonds. The highest BCUT2D eigenvalue weighted by atomic mass is 32.2. The zero-order chi connectivity index (χ0) is 19.9. The van der Waals surface area contributed by atoms with E-state index in [9.17, 15) is 13.2 Å². The van der Waals surface area contributed by atoms with Gasteiger partial charge in [0.25, 0.3) is 0 Å². The van der Waals surface area contributed by atoms with Crippen molar-refractivity contribution in [3.63, 3.8) is 0 Å². The molecule has 1 fully saturated rings. The molecule has 2 heterocycles. The van der Waals surface area contributed by atoms with Gasteiger partial charge in [0.15, 0.2) is 9.84 Å². The molecule has 0 saturated carbocycles. The molecule has 5 nitrogen and oxygen atoms in total. The summed E-state index contributed by atoms with van der Waals surface area (Å²) in [5.41, 5.74) is 6.75. The van der Waals surface area contributed by atoms with E-state index in [4.69, 9.17) is 4.98 Å². The highest BCUT2D eigenvalue weighted by Crippen LogP contribution is 2.38. The lowest BCUT2D eigenvalue weighted by atomic mass is 9.88. The van der Waals surface area contributed by atoms with Gasteiger partial charge in [0.2, 0.25) is 5.91 Å². The van der Waals surface area contributed by atoms with Crippen LogP contribution < -0.4 is 0 Å². The maximum absolute atomic E-state index is 12.0. The van der Waals surface area contributed by atoms with Crippen LogP contribution in [0.25, 0.3) is 5.57 Å². The molecule has 2 aliphatic rings. The fourth-order valence-electron chi connectivity index (χ4n) is 4.21. The maximum Gasteiger partial charge on any atom is 0.219 e. The normalized spacial score (nSPS) is 17.0. The molecule has 0 spiro atoms. The number of nitrogens with zero attached hydrogens (tertiary/aromatic N) is 2. The number of likely N-dealkylation sites (tertiary alicyclic amines) is 1. The molecular formula is C22H24N2O3S. The zero-order valence-corrected chi connectivity index (χ0v) is 17.1. The Bertz CT molecular complexity index is 1080. The third-order valence-electron chi connectivity index (χ3n) is 5.73. The molecule has 0 radical (unpaired) electrons. The molecule has 0 atom stereocenters. The van der Waals surface area contributed by atoms with Crippen LogP contribution in [0.2, 0.25) is 0 Å². The second kappa shape index (κ2) is 7.17. The van der Waals surface area contributed by atoms with Crippen molar-refractivity contribution < 1.29 is 13.2 Å². The number of hydrogen-bond acceptors (Lipinski definition) is 4. The van der Waals surface area contributed by atoms with Crippen molar-refractivity contribution in [3.8, 4) is 0 Å². The molecule has 0 bridgehead atoms. The monoisotopic (exact) mass is 396 g/mol. The molecule has 1 aliphatic heterocycles. The van der Waals surface area contributed by atoms with Crippen molar-refractivity contribution in [2.75, 3.05) is 19.3 Å². The number of fused-ring (bicyclic) bond motifs is 2. The third-order valence-corrected chi connectivity index (χ3v) is 6.84. The first kappa shape index (κ1) is 18.9. The van der Waals surface area contributed by atoms with Gasteiger partial charge in [0.05, 0.1) is 10.6 Å². The number of aromatic nitrogens is 1. The molecule has 6 heteroatoms. The number of rotatable bonds is 1. The first-order valence-corrected chi connectivity index (χ1v) is 11.5. The van der Waals surface area contributed by atoms with Crippen LogP contribution in [0.3, 0.4) is 0 Å². The highest BCUT2D eigenvalue weighted by Gasteiger charge is 2.26. The van der Waals surface area contributed by atoms with E-state index >= 15 is 0 Å². The van der Waals surface area contributed by atoms with Crippen LogP contribution in [0.1, 0.15) is 42.1 Å². The number of aryl methyl sites for hydroxylation is 2. The first-order valence-electron chi connectivity index (χ1n) is 9.60. The van der Waals surface area contributed by atoms with Gasteiger partial charge in [-0.05, 0) is 60.6 Å². The summed E-state index contributed by atoms with van der Waals surface area (Å²) < 4.78 is 24.1. The van der Waals surface area contributed by atoms with Crippen LogP contribution in [-0.4, -0.2) is 43.6 Å². The van der Waals surface area contributed by atoms with Crippen LogP contribution in [0.15, 0.2) is 47.0 Å². The Hall–Kier alpha value is -2.47. The molecule has 0 N–H and O–H groups in total. The molecule has 2 aromatic rings. The van der Waals surface area contributed by atoms with Crippen LogP contribution in [-0.2, 0) is 27.5 Å². The number of amides is 1. The smallest absolute Gasteiger partial charge is 0.219 e. The van der Waals surface area contributed by atoms with Gasteiger partial charge in [-0.3, -0.25) is 9.78 Å². The van der Waals surface area contributed by atoms with Crippen molar-refractivity contribution in [2.45, 2.75) is 37.5 Å².